The molecule has 0 aromatic heterocycles. The van der Waals surface area contributed by atoms with Crippen LogP contribution in [0.2, 0.25) is 5.02 Å². The molecule has 2 N–H and O–H groups in total. The van der Waals surface area contributed by atoms with Gasteiger partial charge in [0.25, 0.3) is 5.91 Å². The molecular formula is C20H25ClN3O2+. The second-order valence-corrected chi connectivity index (χ2v) is 7.05. The Balaban J connectivity index is 1.51. The molecule has 0 spiro atoms. The van der Waals surface area contributed by atoms with Gasteiger partial charge in [-0.1, -0.05) is 23.7 Å². The van der Waals surface area contributed by atoms with E-state index in [0.29, 0.717) is 17.3 Å². The van der Waals surface area contributed by atoms with Crippen molar-refractivity contribution in [2.75, 3.05) is 50.1 Å². The number of hydrogen-bond donors (Lipinski definition) is 2. The Morgan fingerprint density at radius 1 is 1.23 bits per heavy atom. The number of methoxy groups -OCH3 is 1. The number of piperazine rings is 1. The van der Waals surface area contributed by atoms with E-state index in [0.717, 1.165) is 37.5 Å². The van der Waals surface area contributed by atoms with Crippen molar-refractivity contribution in [1.82, 2.24) is 0 Å². The highest BCUT2D eigenvalue weighted by Crippen LogP contribution is 2.22. The lowest BCUT2D eigenvalue weighted by atomic mass is 10.2. The summed E-state index contributed by atoms with van der Waals surface area (Å²) in [7, 11) is 1.68. The van der Waals surface area contributed by atoms with Gasteiger partial charge in [-0.3, -0.25) is 4.79 Å². The monoisotopic (exact) mass is 374 g/mol. The van der Waals surface area contributed by atoms with Crippen LogP contribution in [0.15, 0.2) is 42.5 Å². The van der Waals surface area contributed by atoms with Gasteiger partial charge in [-0.05, 0) is 36.8 Å². The van der Waals surface area contributed by atoms with Crippen molar-refractivity contribution < 1.29 is 14.4 Å². The third-order valence-corrected chi connectivity index (χ3v) is 5.01. The number of benzene rings is 2. The zero-order valence-corrected chi connectivity index (χ0v) is 16.0. The van der Waals surface area contributed by atoms with Crippen LogP contribution in [0.5, 0.6) is 5.75 Å². The summed E-state index contributed by atoms with van der Waals surface area (Å²) in [6.07, 6.45) is 0. The Hall–Kier alpha value is -2.24. The van der Waals surface area contributed by atoms with E-state index in [1.165, 1.54) is 10.6 Å². The zero-order chi connectivity index (χ0) is 18.5. The predicted molar refractivity (Wildman–Crippen MR) is 106 cm³/mol. The first-order valence-electron chi connectivity index (χ1n) is 8.84. The minimum atomic E-state index is 0.000540. The van der Waals surface area contributed by atoms with Gasteiger partial charge in [-0.25, -0.2) is 0 Å². The molecular weight excluding hydrogens is 350 g/mol. The van der Waals surface area contributed by atoms with E-state index in [1.807, 2.05) is 37.3 Å². The third kappa shape index (κ3) is 4.68. The van der Waals surface area contributed by atoms with E-state index in [1.54, 1.807) is 7.11 Å². The first kappa shape index (κ1) is 18.5. The lowest BCUT2D eigenvalue weighted by Gasteiger charge is -2.33. The molecule has 6 heteroatoms. The van der Waals surface area contributed by atoms with E-state index in [4.69, 9.17) is 16.3 Å². The summed E-state index contributed by atoms with van der Waals surface area (Å²) in [6.45, 7) is 6.11. The molecule has 1 fully saturated rings. The van der Waals surface area contributed by atoms with Crippen LogP contribution in [-0.4, -0.2) is 45.7 Å². The number of aryl methyl sites for hydroxylation is 1. The molecule has 1 saturated heterocycles. The summed E-state index contributed by atoms with van der Waals surface area (Å²) < 4.78 is 5.30. The topological polar surface area (TPSA) is 46.0 Å². The minimum absolute atomic E-state index is 0.000540. The molecule has 2 aromatic carbocycles. The van der Waals surface area contributed by atoms with Gasteiger partial charge in [0.1, 0.15) is 5.75 Å². The number of amides is 1. The van der Waals surface area contributed by atoms with Crippen LogP contribution in [0.4, 0.5) is 11.4 Å². The van der Waals surface area contributed by atoms with E-state index in [2.05, 4.69) is 22.3 Å². The van der Waals surface area contributed by atoms with Gasteiger partial charge in [0, 0.05) is 11.8 Å². The van der Waals surface area contributed by atoms with Gasteiger partial charge in [-0.2, -0.15) is 0 Å². The van der Waals surface area contributed by atoms with Crippen molar-refractivity contribution in [3.63, 3.8) is 0 Å². The second kappa shape index (κ2) is 8.43. The maximum atomic E-state index is 12.3. The fourth-order valence-corrected chi connectivity index (χ4v) is 3.49. The van der Waals surface area contributed by atoms with E-state index >= 15 is 0 Å². The van der Waals surface area contributed by atoms with Crippen molar-refractivity contribution in [3.05, 3.63) is 53.1 Å². The Morgan fingerprint density at radius 2 is 2.00 bits per heavy atom. The van der Waals surface area contributed by atoms with Crippen molar-refractivity contribution in [1.29, 1.82) is 0 Å². The van der Waals surface area contributed by atoms with Crippen LogP contribution in [0.25, 0.3) is 0 Å². The zero-order valence-electron chi connectivity index (χ0n) is 15.2. The summed E-state index contributed by atoms with van der Waals surface area (Å²) in [5, 5.41) is 3.50. The summed E-state index contributed by atoms with van der Waals surface area (Å²) in [5.74, 6) is 0.868. The number of halogens is 1. The number of rotatable bonds is 5. The number of carbonyl (C=O) groups is 1. The molecule has 138 valence electrons. The Labute approximate surface area is 159 Å². The molecule has 3 rings (SSSR count). The fourth-order valence-electron chi connectivity index (χ4n) is 3.21. The maximum absolute atomic E-state index is 12.3. The Bertz CT molecular complexity index is 773. The van der Waals surface area contributed by atoms with E-state index in [-0.39, 0.29) is 5.91 Å². The third-order valence-electron chi connectivity index (χ3n) is 4.70. The minimum Gasteiger partial charge on any atom is -0.497 e. The van der Waals surface area contributed by atoms with Crippen molar-refractivity contribution in [2.45, 2.75) is 6.92 Å². The number of ether oxygens (including phenoxy) is 1. The van der Waals surface area contributed by atoms with Gasteiger partial charge < -0.3 is 19.9 Å². The van der Waals surface area contributed by atoms with E-state index in [9.17, 15) is 4.79 Å². The van der Waals surface area contributed by atoms with Crippen LogP contribution < -0.4 is 19.9 Å². The molecule has 5 nitrogen and oxygen atoms in total. The van der Waals surface area contributed by atoms with Crippen molar-refractivity contribution in [3.8, 4) is 5.75 Å². The predicted octanol–water partition coefficient (Wildman–Crippen LogP) is 2.00. The van der Waals surface area contributed by atoms with Crippen LogP contribution in [-0.2, 0) is 4.79 Å². The summed E-state index contributed by atoms with van der Waals surface area (Å²) in [4.78, 5) is 15.9. The van der Waals surface area contributed by atoms with Crippen molar-refractivity contribution in [2.24, 2.45) is 0 Å². The van der Waals surface area contributed by atoms with Gasteiger partial charge in [-0.15, -0.1) is 0 Å². The molecule has 0 radical (unpaired) electrons. The van der Waals surface area contributed by atoms with Gasteiger partial charge in [0.15, 0.2) is 6.54 Å². The highest BCUT2D eigenvalue weighted by Gasteiger charge is 2.22. The Kier molecular flexibility index (Phi) is 6.01. The number of anilines is 2. The van der Waals surface area contributed by atoms with Crippen LogP contribution in [0.3, 0.4) is 0 Å². The summed E-state index contributed by atoms with van der Waals surface area (Å²) in [6, 6.07) is 13.8. The number of nitrogens with one attached hydrogen (secondary N) is 2. The van der Waals surface area contributed by atoms with Gasteiger partial charge in [0.05, 0.1) is 44.0 Å². The van der Waals surface area contributed by atoms with Crippen LogP contribution >= 0.6 is 11.6 Å². The lowest BCUT2D eigenvalue weighted by Crippen LogP contribution is -3.15. The number of carbonyl (C=O) groups excluding carboxylic acids is 1. The average molecular weight is 375 g/mol. The van der Waals surface area contributed by atoms with E-state index < -0.39 is 0 Å². The quantitative estimate of drug-likeness (QED) is 0.841. The molecule has 0 aliphatic carbocycles. The molecule has 0 unspecified atom stereocenters. The van der Waals surface area contributed by atoms with Crippen LogP contribution in [0, 0.1) is 6.92 Å². The lowest BCUT2D eigenvalue weighted by molar-refractivity contribution is -0.892. The largest absolute Gasteiger partial charge is 0.497 e. The van der Waals surface area contributed by atoms with Crippen molar-refractivity contribution >= 4 is 28.9 Å². The van der Waals surface area contributed by atoms with Gasteiger partial charge in [0.2, 0.25) is 0 Å². The molecule has 0 atom stereocenters. The van der Waals surface area contributed by atoms with Crippen LogP contribution in [0.1, 0.15) is 5.56 Å². The average Bonchev–Trinajstić information content (AvgIpc) is 2.65. The molecule has 0 saturated carbocycles. The summed E-state index contributed by atoms with van der Waals surface area (Å²) >= 11 is 6.19. The first-order valence-corrected chi connectivity index (χ1v) is 9.21. The fraction of sp³-hybridized carbons (Fsp3) is 0.350. The standard InChI is InChI=1S/C20H24ClN3O2/c1-15-6-7-19(18(21)12-15)22-20(25)14-23-8-10-24(11-9-23)16-4-3-5-17(13-16)26-2/h3-7,12-13H,8-11,14H2,1-2H3,(H,22,25)/p+1. The highest BCUT2D eigenvalue weighted by molar-refractivity contribution is 6.33. The molecule has 2 aromatic rings. The van der Waals surface area contributed by atoms with Gasteiger partial charge >= 0.3 is 0 Å². The molecule has 26 heavy (non-hydrogen) atoms. The number of quaternary nitrogens is 1. The Morgan fingerprint density at radius 3 is 2.69 bits per heavy atom. The molecule has 1 aliphatic heterocycles. The SMILES string of the molecule is COc1cccc(N2CC[NH+](CC(=O)Nc3ccc(C)cc3Cl)CC2)c1. The highest BCUT2D eigenvalue weighted by atomic mass is 35.5. The normalized spacial score (nSPS) is 15.0. The second-order valence-electron chi connectivity index (χ2n) is 6.65. The summed E-state index contributed by atoms with van der Waals surface area (Å²) in [5.41, 5.74) is 2.92. The first-order chi connectivity index (χ1) is 12.5. The molecule has 1 heterocycles. The molecule has 1 amide bonds. The smallest absolute Gasteiger partial charge is 0.279 e. The molecule has 0 bridgehead atoms. The molecule has 1 aliphatic rings. The number of nitrogens with zero attached hydrogens (tertiary/aromatic N) is 1. The maximum Gasteiger partial charge on any atom is 0.279 e. The number of hydrogen-bond acceptors (Lipinski definition) is 3.